The number of aromatic nitrogens is 2. The van der Waals surface area contributed by atoms with Crippen LogP contribution in [0.3, 0.4) is 0 Å². The average molecular weight is 290 g/mol. The van der Waals surface area contributed by atoms with Gasteiger partial charge in [0.2, 0.25) is 0 Å². The monoisotopic (exact) mass is 290 g/mol. The van der Waals surface area contributed by atoms with Crippen molar-refractivity contribution in [2.24, 2.45) is 5.73 Å². The smallest absolute Gasteiger partial charge is 0.134 e. The standard InChI is InChI=1S/C17H30N4/c1-16(2,3)14-13(21-9-7-12(18)8-10-21)11-19-15(20-14)17(4,5)6/h11-12H,7-10,18H2,1-6H3. The van der Waals surface area contributed by atoms with E-state index < -0.39 is 0 Å². The van der Waals surface area contributed by atoms with Gasteiger partial charge in [-0.25, -0.2) is 9.97 Å². The summed E-state index contributed by atoms with van der Waals surface area (Å²) in [6, 6.07) is 0.342. The van der Waals surface area contributed by atoms with Crippen molar-refractivity contribution in [2.75, 3.05) is 18.0 Å². The van der Waals surface area contributed by atoms with Crippen molar-refractivity contribution in [3.63, 3.8) is 0 Å². The molecule has 0 bridgehead atoms. The van der Waals surface area contributed by atoms with Gasteiger partial charge in [0.1, 0.15) is 5.82 Å². The van der Waals surface area contributed by atoms with Crippen molar-refractivity contribution in [2.45, 2.75) is 71.3 Å². The summed E-state index contributed by atoms with van der Waals surface area (Å²) in [5.74, 6) is 0.921. The zero-order chi connectivity index (χ0) is 15.8. The molecule has 21 heavy (non-hydrogen) atoms. The summed E-state index contributed by atoms with van der Waals surface area (Å²) in [7, 11) is 0. The molecule has 2 N–H and O–H groups in total. The third kappa shape index (κ3) is 3.73. The third-order valence-electron chi connectivity index (χ3n) is 4.03. The Balaban J connectivity index is 2.41. The van der Waals surface area contributed by atoms with Crippen LogP contribution in [0.25, 0.3) is 0 Å². The van der Waals surface area contributed by atoms with Crippen LogP contribution < -0.4 is 10.6 Å². The van der Waals surface area contributed by atoms with E-state index in [1.54, 1.807) is 0 Å². The van der Waals surface area contributed by atoms with Gasteiger partial charge in [-0.05, 0) is 12.8 Å². The minimum Gasteiger partial charge on any atom is -0.369 e. The Morgan fingerprint density at radius 1 is 1.05 bits per heavy atom. The summed E-state index contributed by atoms with van der Waals surface area (Å²) < 4.78 is 0. The fourth-order valence-corrected chi connectivity index (χ4v) is 2.66. The van der Waals surface area contributed by atoms with Crippen LogP contribution in [-0.2, 0) is 10.8 Å². The number of nitrogens with two attached hydrogens (primary N) is 1. The molecule has 0 aromatic carbocycles. The Bertz CT molecular complexity index is 488. The minimum absolute atomic E-state index is 0.0117. The van der Waals surface area contributed by atoms with Gasteiger partial charge in [0.25, 0.3) is 0 Å². The molecule has 2 rings (SSSR count). The molecule has 0 radical (unpaired) electrons. The lowest BCUT2D eigenvalue weighted by Crippen LogP contribution is -2.41. The first-order valence-corrected chi connectivity index (χ1v) is 7.97. The fourth-order valence-electron chi connectivity index (χ4n) is 2.66. The first-order chi connectivity index (χ1) is 9.59. The van der Waals surface area contributed by atoms with Crippen molar-refractivity contribution in [1.82, 2.24) is 9.97 Å². The average Bonchev–Trinajstić information content (AvgIpc) is 2.37. The van der Waals surface area contributed by atoms with E-state index in [1.165, 1.54) is 5.69 Å². The second kappa shape index (κ2) is 5.56. The number of nitrogens with zero attached hydrogens (tertiary/aromatic N) is 3. The quantitative estimate of drug-likeness (QED) is 0.864. The van der Waals surface area contributed by atoms with Crippen molar-refractivity contribution in [3.05, 3.63) is 17.7 Å². The second-order valence-electron chi connectivity index (χ2n) is 8.25. The van der Waals surface area contributed by atoms with Gasteiger partial charge >= 0.3 is 0 Å². The normalized spacial score (nSPS) is 18.1. The molecule has 118 valence electrons. The number of hydrogen-bond acceptors (Lipinski definition) is 4. The van der Waals surface area contributed by atoms with E-state index in [1.807, 2.05) is 6.20 Å². The van der Waals surface area contributed by atoms with E-state index in [-0.39, 0.29) is 10.8 Å². The van der Waals surface area contributed by atoms with Gasteiger partial charge in [0.15, 0.2) is 0 Å². The Labute approximate surface area is 129 Å². The van der Waals surface area contributed by atoms with Crippen LogP contribution in [-0.4, -0.2) is 29.1 Å². The molecule has 0 amide bonds. The molecular weight excluding hydrogens is 260 g/mol. The molecular formula is C17H30N4. The highest BCUT2D eigenvalue weighted by molar-refractivity contribution is 5.52. The SMILES string of the molecule is CC(C)(C)c1ncc(N2CCC(N)CC2)c(C(C)(C)C)n1. The van der Waals surface area contributed by atoms with E-state index in [9.17, 15) is 0 Å². The molecule has 1 aliphatic rings. The van der Waals surface area contributed by atoms with Crippen LogP contribution in [0.5, 0.6) is 0 Å². The van der Waals surface area contributed by atoms with Crippen LogP contribution in [0.15, 0.2) is 6.20 Å². The van der Waals surface area contributed by atoms with Crippen molar-refractivity contribution >= 4 is 5.69 Å². The van der Waals surface area contributed by atoms with E-state index >= 15 is 0 Å². The summed E-state index contributed by atoms with van der Waals surface area (Å²) in [4.78, 5) is 12.0. The van der Waals surface area contributed by atoms with E-state index in [0.717, 1.165) is 37.4 Å². The molecule has 4 nitrogen and oxygen atoms in total. The van der Waals surface area contributed by atoms with Gasteiger partial charge in [0, 0.05) is 30.0 Å². The van der Waals surface area contributed by atoms with E-state index in [4.69, 9.17) is 10.7 Å². The van der Waals surface area contributed by atoms with Crippen LogP contribution in [0.1, 0.15) is 65.9 Å². The van der Waals surface area contributed by atoms with Gasteiger partial charge in [0.05, 0.1) is 17.6 Å². The number of rotatable bonds is 1. The first-order valence-electron chi connectivity index (χ1n) is 7.97. The molecule has 1 fully saturated rings. The van der Waals surface area contributed by atoms with Crippen LogP contribution >= 0.6 is 0 Å². The third-order valence-corrected chi connectivity index (χ3v) is 4.03. The Hall–Kier alpha value is -1.16. The maximum absolute atomic E-state index is 6.02. The summed E-state index contributed by atoms with van der Waals surface area (Å²) in [5, 5.41) is 0. The lowest BCUT2D eigenvalue weighted by Gasteiger charge is -2.35. The van der Waals surface area contributed by atoms with Crippen molar-refractivity contribution in [3.8, 4) is 0 Å². The topological polar surface area (TPSA) is 55.0 Å². The van der Waals surface area contributed by atoms with Gasteiger partial charge in [-0.1, -0.05) is 41.5 Å². The van der Waals surface area contributed by atoms with Crippen molar-refractivity contribution in [1.29, 1.82) is 0 Å². The van der Waals surface area contributed by atoms with Crippen LogP contribution in [0.2, 0.25) is 0 Å². The van der Waals surface area contributed by atoms with E-state index in [2.05, 4.69) is 51.4 Å². The first kappa shape index (κ1) is 16.2. The van der Waals surface area contributed by atoms with Gasteiger partial charge in [-0.2, -0.15) is 0 Å². The molecule has 1 saturated heterocycles. The molecule has 1 aliphatic heterocycles. The number of piperidine rings is 1. The summed E-state index contributed by atoms with van der Waals surface area (Å²) in [5.41, 5.74) is 8.34. The summed E-state index contributed by atoms with van der Waals surface area (Å²) >= 11 is 0. The number of anilines is 1. The highest BCUT2D eigenvalue weighted by Crippen LogP contribution is 2.33. The lowest BCUT2D eigenvalue weighted by molar-refractivity contribution is 0.484. The van der Waals surface area contributed by atoms with E-state index in [0.29, 0.717) is 6.04 Å². The molecule has 1 aromatic rings. The molecule has 4 heteroatoms. The molecule has 2 heterocycles. The van der Waals surface area contributed by atoms with Crippen molar-refractivity contribution < 1.29 is 0 Å². The van der Waals surface area contributed by atoms with Gasteiger partial charge < -0.3 is 10.6 Å². The predicted molar refractivity (Wildman–Crippen MR) is 88.9 cm³/mol. The highest BCUT2D eigenvalue weighted by atomic mass is 15.2. The zero-order valence-electron chi connectivity index (χ0n) is 14.4. The fraction of sp³-hybridized carbons (Fsp3) is 0.765. The molecule has 0 spiro atoms. The van der Waals surface area contributed by atoms with Gasteiger partial charge in [-0.15, -0.1) is 0 Å². The minimum atomic E-state index is -0.0250. The molecule has 0 unspecified atom stereocenters. The predicted octanol–water partition coefficient (Wildman–Crippen LogP) is 3.00. The zero-order valence-corrected chi connectivity index (χ0v) is 14.4. The highest BCUT2D eigenvalue weighted by Gasteiger charge is 2.28. The second-order valence-corrected chi connectivity index (χ2v) is 8.25. The van der Waals surface area contributed by atoms with Gasteiger partial charge in [-0.3, -0.25) is 0 Å². The molecule has 0 aliphatic carbocycles. The number of hydrogen-bond donors (Lipinski definition) is 1. The Kier molecular flexibility index (Phi) is 4.29. The maximum atomic E-state index is 6.02. The van der Waals surface area contributed by atoms with Crippen LogP contribution in [0, 0.1) is 0 Å². The molecule has 0 atom stereocenters. The molecule has 1 aromatic heterocycles. The lowest BCUT2D eigenvalue weighted by atomic mass is 9.88. The summed E-state index contributed by atoms with van der Waals surface area (Å²) in [6.45, 7) is 15.2. The Morgan fingerprint density at radius 2 is 1.62 bits per heavy atom. The maximum Gasteiger partial charge on any atom is 0.134 e. The molecule has 0 saturated carbocycles. The largest absolute Gasteiger partial charge is 0.369 e. The van der Waals surface area contributed by atoms with Crippen LogP contribution in [0.4, 0.5) is 5.69 Å². The Morgan fingerprint density at radius 3 is 2.10 bits per heavy atom. The summed E-state index contributed by atoms with van der Waals surface area (Å²) in [6.07, 6.45) is 4.11.